The lowest BCUT2D eigenvalue weighted by Gasteiger charge is -2.16. The molecule has 0 amide bonds. The van der Waals surface area contributed by atoms with Crippen molar-refractivity contribution in [3.63, 3.8) is 0 Å². The van der Waals surface area contributed by atoms with Gasteiger partial charge >= 0.3 is 0 Å². The predicted molar refractivity (Wildman–Crippen MR) is 57.4 cm³/mol. The Hall–Kier alpha value is -1.03. The zero-order chi connectivity index (χ0) is 9.10. The monoisotopic (exact) mass is 193 g/mol. The van der Waals surface area contributed by atoms with Gasteiger partial charge in [0.25, 0.3) is 0 Å². The van der Waals surface area contributed by atoms with Crippen LogP contribution in [0.15, 0.2) is 29.4 Å². The summed E-state index contributed by atoms with van der Waals surface area (Å²) in [5.41, 5.74) is 0. The van der Waals surface area contributed by atoms with Crippen LogP contribution < -0.4 is 4.90 Å². The Kier molecular flexibility index (Phi) is 2.49. The summed E-state index contributed by atoms with van der Waals surface area (Å²) in [6.07, 6.45) is 3.85. The molecular formula is C9H11N3S. The minimum atomic E-state index is 0.882. The summed E-state index contributed by atoms with van der Waals surface area (Å²) in [5.74, 6) is 0.994. The molecule has 2 heterocycles. The van der Waals surface area contributed by atoms with Crippen molar-refractivity contribution >= 4 is 22.7 Å². The number of aromatic nitrogens is 1. The molecule has 0 N–H and O–H groups in total. The summed E-state index contributed by atoms with van der Waals surface area (Å²) < 4.78 is 0. The SMILES string of the molecule is CSC1=NCCN1c1ccccn1. The number of amidine groups is 1. The molecule has 1 aliphatic heterocycles. The van der Waals surface area contributed by atoms with E-state index < -0.39 is 0 Å². The van der Waals surface area contributed by atoms with E-state index in [-0.39, 0.29) is 0 Å². The minimum absolute atomic E-state index is 0.882. The van der Waals surface area contributed by atoms with Crippen LogP contribution in [0.25, 0.3) is 0 Å². The van der Waals surface area contributed by atoms with Crippen molar-refractivity contribution in [1.82, 2.24) is 4.98 Å². The fourth-order valence-corrected chi connectivity index (χ4v) is 1.95. The highest BCUT2D eigenvalue weighted by Crippen LogP contribution is 2.18. The number of hydrogen-bond donors (Lipinski definition) is 0. The highest BCUT2D eigenvalue weighted by molar-refractivity contribution is 8.13. The number of rotatable bonds is 1. The third-order valence-electron chi connectivity index (χ3n) is 1.91. The molecule has 1 aromatic rings. The third kappa shape index (κ3) is 1.67. The second-order valence-corrected chi connectivity index (χ2v) is 3.48. The van der Waals surface area contributed by atoms with Gasteiger partial charge in [-0.05, 0) is 18.4 Å². The molecule has 0 fully saturated rings. The molecule has 1 aliphatic rings. The van der Waals surface area contributed by atoms with Gasteiger partial charge in [0, 0.05) is 12.7 Å². The maximum Gasteiger partial charge on any atom is 0.164 e. The molecule has 13 heavy (non-hydrogen) atoms. The van der Waals surface area contributed by atoms with Crippen LogP contribution in [0.4, 0.5) is 5.82 Å². The summed E-state index contributed by atoms with van der Waals surface area (Å²) >= 11 is 1.67. The van der Waals surface area contributed by atoms with E-state index in [1.54, 1.807) is 11.8 Å². The van der Waals surface area contributed by atoms with Gasteiger partial charge in [-0.15, -0.1) is 0 Å². The number of thioether (sulfide) groups is 1. The second kappa shape index (κ2) is 3.79. The van der Waals surface area contributed by atoms with Crippen LogP contribution in [0.5, 0.6) is 0 Å². The zero-order valence-electron chi connectivity index (χ0n) is 7.47. The van der Waals surface area contributed by atoms with Crippen molar-refractivity contribution in [2.45, 2.75) is 0 Å². The summed E-state index contributed by atoms with van der Waals surface area (Å²) in [7, 11) is 0. The van der Waals surface area contributed by atoms with Crippen molar-refractivity contribution in [1.29, 1.82) is 0 Å². The molecule has 68 valence electrons. The Balaban J connectivity index is 2.23. The van der Waals surface area contributed by atoms with Gasteiger partial charge in [-0.2, -0.15) is 0 Å². The van der Waals surface area contributed by atoms with E-state index in [0.717, 1.165) is 24.1 Å². The van der Waals surface area contributed by atoms with Crippen LogP contribution >= 0.6 is 11.8 Å². The van der Waals surface area contributed by atoms with Crippen LogP contribution in [-0.4, -0.2) is 29.5 Å². The first-order valence-corrected chi connectivity index (χ1v) is 5.41. The van der Waals surface area contributed by atoms with Gasteiger partial charge in [0.15, 0.2) is 5.17 Å². The van der Waals surface area contributed by atoms with Gasteiger partial charge in [0.05, 0.1) is 6.54 Å². The lowest BCUT2D eigenvalue weighted by molar-refractivity contribution is 1.00. The van der Waals surface area contributed by atoms with E-state index in [1.165, 1.54) is 0 Å². The Morgan fingerprint density at radius 1 is 1.46 bits per heavy atom. The van der Waals surface area contributed by atoms with E-state index in [0.29, 0.717) is 0 Å². The van der Waals surface area contributed by atoms with Crippen molar-refractivity contribution in [3.8, 4) is 0 Å². The number of nitrogens with zero attached hydrogens (tertiary/aromatic N) is 3. The second-order valence-electron chi connectivity index (χ2n) is 2.71. The largest absolute Gasteiger partial charge is 0.304 e. The molecule has 4 heteroatoms. The van der Waals surface area contributed by atoms with Crippen LogP contribution in [0.3, 0.4) is 0 Å². The van der Waals surface area contributed by atoms with E-state index in [1.807, 2.05) is 30.7 Å². The summed E-state index contributed by atoms with van der Waals surface area (Å²) in [4.78, 5) is 10.8. The van der Waals surface area contributed by atoms with Crippen molar-refractivity contribution < 1.29 is 0 Å². The zero-order valence-corrected chi connectivity index (χ0v) is 8.29. The molecule has 2 rings (SSSR count). The van der Waals surface area contributed by atoms with Gasteiger partial charge in [0.2, 0.25) is 0 Å². The maximum absolute atomic E-state index is 4.38. The lowest BCUT2D eigenvalue weighted by Crippen LogP contribution is -2.25. The topological polar surface area (TPSA) is 28.5 Å². The van der Waals surface area contributed by atoms with E-state index in [4.69, 9.17) is 0 Å². The van der Waals surface area contributed by atoms with Gasteiger partial charge in [-0.3, -0.25) is 4.99 Å². The van der Waals surface area contributed by atoms with Crippen LogP contribution in [0.1, 0.15) is 0 Å². The molecule has 0 saturated heterocycles. The van der Waals surface area contributed by atoms with Gasteiger partial charge in [0.1, 0.15) is 5.82 Å². The van der Waals surface area contributed by atoms with Crippen molar-refractivity contribution in [3.05, 3.63) is 24.4 Å². The fourth-order valence-electron chi connectivity index (χ4n) is 1.33. The number of hydrogen-bond acceptors (Lipinski definition) is 4. The molecule has 0 aliphatic carbocycles. The maximum atomic E-state index is 4.38. The predicted octanol–water partition coefficient (Wildman–Crippen LogP) is 1.62. The first kappa shape index (κ1) is 8.56. The summed E-state index contributed by atoms with van der Waals surface area (Å²) in [6, 6.07) is 5.94. The Morgan fingerprint density at radius 2 is 2.38 bits per heavy atom. The van der Waals surface area contributed by atoms with Crippen molar-refractivity contribution in [2.24, 2.45) is 4.99 Å². The Bertz CT molecular complexity index is 310. The molecular weight excluding hydrogens is 182 g/mol. The standard InChI is InChI=1S/C9H11N3S/c1-13-9-11-6-7-12(9)8-4-2-3-5-10-8/h2-5H,6-7H2,1H3. The first-order valence-electron chi connectivity index (χ1n) is 4.19. The fraction of sp³-hybridized carbons (Fsp3) is 0.333. The average molecular weight is 193 g/mol. The minimum Gasteiger partial charge on any atom is -0.304 e. The number of anilines is 1. The molecule has 0 radical (unpaired) electrons. The third-order valence-corrected chi connectivity index (χ3v) is 2.62. The quantitative estimate of drug-likeness (QED) is 0.678. The highest BCUT2D eigenvalue weighted by Gasteiger charge is 2.17. The Morgan fingerprint density at radius 3 is 3.08 bits per heavy atom. The first-order chi connectivity index (χ1) is 6.42. The summed E-state index contributed by atoms with van der Waals surface area (Å²) in [6.45, 7) is 1.83. The normalized spacial score (nSPS) is 16.1. The van der Waals surface area contributed by atoms with E-state index in [2.05, 4.69) is 14.9 Å². The lowest BCUT2D eigenvalue weighted by atomic mass is 10.4. The van der Waals surface area contributed by atoms with Crippen LogP contribution in [-0.2, 0) is 0 Å². The molecule has 0 spiro atoms. The molecule has 3 nitrogen and oxygen atoms in total. The number of aliphatic imine (C=N–C) groups is 1. The molecule has 0 unspecified atom stereocenters. The van der Waals surface area contributed by atoms with Crippen LogP contribution in [0, 0.1) is 0 Å². The Labute approximate surface area is 81.9 Å². The van der Waals surface area contributed by atoms with Crippen molar-refractivity contribution in [2.75, 3.05) is 24.2 Å². The molecule has 0 aromatic carbocycles. The van der Waals surface area contributed by atoms with E-state index in [9.17, 15) is 0 Å². The smallest absolute Gasteiger partial charge is 0.164 e. The molecule has 1 aromatic heterocycles. The van der Waals surface area contributed by atoms with E-state index >= 15 is 0 Å². The number of pyridine rings is 1. The average Bonchev–Trinajstić information content (AvgIpc) is 2.67. The molecule has 0 saturated carbocycles. The highest BCUT2D eigenvalue weighted by atomic mass is 32.2. The summed E-state index contributed by atoms with van der Waals surface area (Å²) in [5, 5.41) is 1.07. The van der Waals surface area contributed by atoms with Gasteiger partial charge in [-0.1, -0.05) is 17.8 Å². The van der Waals surface area contributed by atoms with Gasteiger partial charge < -0.3 is 4.90 Å². The molecule has 0 atom stereocenters. The van der Waals surface area contributed by atoms with Gasteiger partial charge in [-0.25, -0.2) is 4.98 Å². The molecule has 0 bridgehead atoms. The van der Waals surface area contributed by atoms with Crippen LogP contribution in [0.2, 0.25) is 0 Å².